The van der Waals surface area contributed by atoms with Crippen LogP contribution in [-0.4, -0.2) is 50.6 Å². The second-order valence-electron chi connectivity index (χ2n) is 5.45. The summed E-state index contributed by atoms with van der Waals surface area (Å²) in [5.41, 5.74) is 0. The van der Waals surface area contributed by atoms with Gasteiger partial charge in [-0.25, -0.2) is 0 Å². The van der Waals surface area contributed by atoms with E-state index in [0.29, 0.717) is 30.6 Å². The first-order valence-electron chi connectivity index (χ1n) is 7.55. The molecule has 120 valence electrons. The maximum atomic E-state index is 5.80. The minimum absolute atomic E-state index is 0.108. The maximum Gasteiger partial charge on any atom is 0.241 e. The molecule has 4 heterocycles. The summed E-state index contributed by atoms with van der Waals surface area (Å²) in [5.74, 6) is 1.67. The molecule has 0 aliphatic carbocycles. The number of nitrogens with zero attached hydrogens (tertiary/aromatic N) is 5. The summed E-state index contributed by atoms with van der Waals surface area (Å²) in [5, 5.41) is 8.17. The van der Waals surface area contributed by atoms with Crippen molar-refractivity contribution in [3.8, 4) is 11.6 Å². The number of morpholine rings is 1. The van der Waals surface area contributed by atoms with Gasteiger partial charge in [-0.15, -0.1) is 0 Å². The van der Waals surface area contributed by atoms with Gasteiger partial charge in [-0.05, 0) is 18.2 Å². The highest BCUT2D eigenvalue weighted by atomic mass is 16.5. The summed E-state index contributed by atoms with van der Waals surface area (Å²) in [6.45, 7) is 3.68. The molecular formula is C15H17N5O3. The number of furan rings is 1. The summed E-state index contributed by atoms with van der Waals surface area (Å²) in [4.78, 5) is 6.62. The van der Waals surface area contributed by atoms with Crippen molar-refractivity contribution in [3.05, 3.63) is 42.7 Å². The highest BCUT2D eigenvalue weighted by molar-refractivity contribution is 5.44. The van der Waals surface area contributed by atoms with Crippen molar-refractivity contribution in [3.63, 3.8) is 0 Å². The van der Waals surface area contributed by atoms with E-state index in [1.165, 1.54) is 0 Å². The summed E-state index contributed by atoms with van der Waals surface area (Å²) in [7, 11) is 0. The highest BCUT2D eigenvalue weighted by Gasteiger charge is 2.23. The molecule has 23 heavy (non-hydrogen) atoms. The molecule has 0 N–H and O–H groups in total. The minimum Gasteiger partial charge on any atom is -0.461 e. The van der Waals surface area contributed by atoms with Gasteiger partial charge in [0.1, 0.15) is 0 Å². The van der Waals surface area contributed by atoms with E-state index < -0.39 is 0 Å². The standard InChI is InChI=1S/C15H17N5O3/c1-3-13(22-7-1)15-17-14(23-18-15)11-19-6-8-21-12(9-19)10-20-5-2-4-16-20/h1-5,7,12H,6,8-11H2. The smallest absolute Gasteiger partial charge is 0.241 e. The number of hydrogen-bond acceptors (Lipinski definition) is 7. The lowest BCUT2D eigenvalue weighted by Gasteiger charge is -2.31. The van der Waals surface area contributed by atoms with Crippen molar-refractivity contribution in [2.75, 3.05) is 19.7 Å². The molecule has 1 unspecified atom stereocenters. The van der Waals surface area contributed by atoms with Crippen LogP contribution in [0.1, 0.15) is 5.89 Å². The second kappa shape index (κ2) is 6.35. The SMILES string of the molecule is c1coc(-c2noc(CN3CCOC(Cn4cccn4)C3)n2)c1. The van der Waals surface area contributed by atoms with Crippen LogP contribution >= 0.6 is 0 Å². The molecule has 0 amide bonds. The molecule has 0 radical (unpaired) electrons. The van der Waals surface area contributed by atoms with Crippen LogP contribution in [0.3, 0.4) is 0 Å². The number of rotatable bonds is 5. The molecule has 0 spiro atoms. The Morgan fingerprint density at radius 1 is 1.30 bits per heavy atom. The van der Waals surface area contributed by atoms with Gasteiger partial charge in [-0.1, -0.05) is 5.16 Å². The number of hydrogen-bond donors (Lipinski definition) is 0. The zero-order valence-corrected chi connectivity index (χ0v) is 12.5. The third-order valence-corrected chi connectivity index (χ3v) is 3.74. The predicted octanol–water partition coefficient (Wildman–Crippen LogP) is 1.43. The van der Waals surface area contributed by atoms with E-state index in [2.05, 4.69) is 20.1 Å². The van der Waals surface area contributed by atoms with Crippen molar-refractivity contribution in [1.29, 1.82) is 0 Å². The van der Waals surface area contributed by atoms with Gasteiger partial charge in [0, 0.05) is 25.5 Å². The van der Waals surface area contributed by atoms with Crippen molar-refractivity contribution in [1.82, 2.24) is 24.8 Å². The van der Waals surface area contributed by atoms with Gasteiger partial charge in [-0.3, -0.25) is 9.58 Å². The van der Waals surface area contributed by atoms with E-state index in [-0.39, 0.29) is 6.10 Å². The van der Waals surface area contributed by atoms with Crippen molar-refractivity contribution >= 4 is 0 Å². The fourth-order valence-electron chi connectivity index (χ4n) is 2.67. The van der Waals surface area contributed by atoms with Gasteiger partial charge in [0.15, 0.2) is 5.76 Å². The van der Waals surface area contributed by atoms with E-state index in [4.69, 9.17) is 13.7 Å². The van der Waals surface area contributed by atoms with Crippen LogP contribution in [-0.2, 0) is 17.8 Å². The Balaban J connectivity index is 1.37. The first kappa shape index (κ1) is 14.2. The molecule has 8 nitrogen and oxygen atoms in total. The molecule has 3 aromatic rings. The Hall–Kier alpha value is -2.45. The first-order valence-corrected chi connectivity index (χ1v) is 7.55. The van der Waals surface area contributed by atoms with E-state index >= 15 is 0 Å². The lowest BCUT2D eigenvalue weighted by molar-refractivity contribution is -0.0426. The molecule has 1 atom stereocenters. The van der Waals surface area contributed by atoms with Crippen molar-refractivity contribution in [2.45, 2.75) is 19.2 Å². The maximum absolute atomic E-state index is 5.80. The summed E-state index contributed by atoms with van der Waals surface area (Å²) < 4.78 is 18.3. The lowest BCUT2D eigenvalue weighted by Crippen LogP contribution is -2.43. The molecule has 0 bridgehead atoms. The Morgan fingerprint density at radius 3 is 3.13 bits per heavy atom. The minimum atomic E-state index is 0.108. The van der Waals surface area contributed by atoms with Gasteiger partial charge in [0.2, 0.25) is 11.7 Å². The van der Waals surface area contributed by atoms with Crippen molar-refractivity contribution < 1.29 is 13.7 Å². The predicted molar refractivity (Wildman–Crippen MR) is 79.2 cm³/mol. The molecule has 8 heteroatoms. The molecule has 1 aliphatic rings. The van der Waals surface area contributed by atoms with Crippen LogP contribution in [0.2, 0.25) is 0 Å². The summed E-state index contributed by atoms with van der Waals surface area (Å²) >= 11 is 0. The second-order valence-corrected chi connectivity index (χ2v) is 5.45. The van der Waals surface area contributed by atoms with Crippen LogP contribution in [0.15, 0.2) is 45.8 Å². The van der Waals surface area contributed by atoms with Crippen LogP contribution in [0.5, 0.6) is 0 Å². The molecule has 1 aliphatic heterocycles. The third kappa shape index (κ3) is 3.33. The van der Waals surface area contributed by atoms with Gasteiger partial charge in [0.25, 0.3) is 0 Å². The van der Waals surface area contributed by atoms with Gasteiger partial charge in [-0.2, -0.15) is 10.1 Å². The van der Waals surface area contributed by atoms with E-state index in [1.54, 1.807) is 18.5 Å². The van der Waals surface area contributed by atoms with Crippen molar-refractivity contribution in [2.24, 2.45) is 0 Å². The molecule has 0 saturated carbocycles. The van der Waals surface area contributed by atoms with E-state index in [0.717, 1.165) is 19.6 Å². The van der Waals surface area contributed by atoms with Crippen LogP contribution in [0, 0.1) is 0 Å². The molecule has 3 aromatic heterocycles. The summed E-state index contributed by atoms with van der Waals surface area (Å²) in [6.07, 6.45) is 5.41. The number of ether oxygens (including phenoxy) is 1. The fraction of sp³-hybridized carbons (Fsp3) is 0.400. The Kier molecular flexibility index (Phi) is 3.91. The topological polar surface area (TPSA) is 82.4 Å². The summed E-state index contributed by atoms with van der Waals surface area (Å²) in [6, 6.07) is 5.52. The normalized spacial score (nSPS) is 19.2. The Labute approximate surface area is 132 Å². The fourth-order valence-corrected chi connectivity index (χ4v) is 2.67. The van der Waals surface area contributed by atoms with E-state index in [9.17, 15) is 0 Å². The average Bonchev–Trinajstić information content (AvgIpc) is 3.30. The Bertz CT molecular complexity index is 722. The third-order valence-electron chi connectivity index (χ3n) is 3.74. The first-order chi connectivity index (χ1) is 11.4. The molecular weight excluding hydrogens is 298 g/mol. The highest BCUT2D eigenvalue weighted by Crippen LogP contribution is 2.17. The molecule has 0 aromatic carbocycles. The van der Waals surface area contributed by atoms with Crippen LogP contribution in [0.4, 0.5) is 0 Å². The zero-order chi connectivity index (χ0) is 15.5. The largest absolute Gasteiger partial charge is 0.461 e. The molecule has 4 rings (SSSR count). The monoisotopic (exact) mass is 315 g/mol. The quantitative estimate of drug-likeness (QED) is 0.704. The molecule has 1 fully saturated rings. The average molecular weight is 315 g/mol. The van der Waals surface area contributed by atoms with Gasteiger partial charge in [0.05, 0.1) is 32.1 Å². The Morgan fingerprint density at radius 2 is 2.30 bits per heavy atom. The van der Waals surface area contributed by atoms with Gasteiger partial charge < -0.3 is 13.7 Å². The van der Waals surface area contributed by atoms with E-state index in [1.807, 2.05) is 23.0 Å². The van der Waals surface area contributed by atoms with Crippen LogP contribution < -0.4 is 0 Å². The number of aromatic nitrogens is 4. The zero-order valence-electron chi connectivity index (χ0n) is 12.5. The lowest BCUT2D eigenvalue weighted by atomic mass is 10.2. The molecule has 1 saturated heterocycles. The van der Waals surface area contributed by atoms with Gasteiger partial charge >= 0.3 is 0 Å². The van der Waals surface area contributed by atoms with Crippen LogP contribution in [0.25, 0.3) is 11.6 Å².